The third-order valence-corrected chi connectivity index (χ3v) is 3.45. The molecule has 0 fully saturated rings. The van der Waals surface area contributed by atoms with E-state index in [0.29, 0.717) is 10.6 Å². The van der Waals surface area contributed by atoms with E-state index in [2.05, 4.69) is 17.3 Å². The van der Waals surface area contributed by atoms with Crippen LogP contribution in [0.2, 0.25) is 5.02 Å². The lowest BCUT2D eigenvalue weighted by Gasteiger charge is -2.20. The number of halogens is 2. The van der Waals surface area contributed by atoms with Crippen molar-refractivity contribution in [3.05, 3.63) is 52.6 Å². The zero-order valence-corrected chi connectivity index (χ0v) is 12.5. The highest BCUT2D eigenvalue weighted by Gasteiger charge is 2.20. The van der Waals surface area contributed by atoms with Gasteiger partial charge in [-0.3, -0.25) is 4.68 Å². The molecule has 2 aromatic rings. The number of rotatable bonds is 6. The van der Waals surface area contributed by atoms with Crippen LogP contribution in [0.5, 0.6) is 0 Å². The van der Waals surface area contributed by atoms with E-state index >= 15 is 0 Å². The summed E-state index contributed by atoms with van der Waals surface area (Å²) >= 11 is 5.83. The molecule has 0 aliphatic heterocycles. The highest BCUT2D eigenvalue weighted by Crippen LogP contribution is 2.26. The Kier molecular flexibility index (Phi) is 5.15. The van der Waals surface area contributed by atoms with Gasteiger partial charge < -0.3 is 5.32 Å². The van der Waals surface area contributed by atoms with Crippen molar-refractivity contribution in [1.82, 2.24) is 15.1 Å². The molecule has 1 aromatic carbocycles. The monoisotopic (exact) mass is 295 g/mol. The minimum atomic E-state index is -0.296. The van der Waals surface area contributed by atoms with Crippen LogP contribution in [-0.4, -0.2) is 16.3 Å². The fraction of sp³-hybridized carbons (Fsp3) is 0.400. The second-order valence-electron chi connectivity index (χ2n) is 4.62. The SMILES string of the molecule is CCCNC(c1ccc(Cl)cc1F)c1ccnn1CC. The maximum Gasteiger partial charge on any atom is 0.129 e. The van der Waals surface area contributed by atoms with E-state index < -0.39 is 0 Å². The van der Waals surface area contributed by atoms with E-state index in [1.165, 1.54) is 6.07 Å². The van der Waals surface area contributed by atoms with Gasteiger partial charge in [0.05, 0.1) is 11.7 Å². The van der Waals surface area contributed by atoms with Crippen molar-refractivity contribution in [2.45, 2.75) is 32.9 Å². The Morgan fingerprint density at radius 3 is 2.80 bits per heavy atom. The zero-order chi connectivity index (χ0) is 14.5. The molecule has 0 amide bonds. The van der Waals surface area contributed by atoms with Gasteiger partial charge in [-0.05, 0) is 38.1 Å². The van der Waals surface area contributed by atoms with Gasteiger partial charge in [0.2, 0.25) is 0 Å². The molecule has 1 heterocycles. The van der Waals surface area contributed by atoms with Gasteiger partial charge in [0, 0.05) is 23.3 Å². The van der Waals surface area contributed by atoms with Crippen molar-refractivity contribution in [2.24, 2.45) is 0 Å². The van der Waals surface area contributed by atoms with Gasteiger partial charge in [0.25, 0.3) is 0 Å². The van der Waals surface area contributed by atoms with Crippen LogP contribution in [0.3, 0.4) is 0 Å². The smallest absolute Gasteiger partial charge is 0.129 e. The minimum absolute atomic E-state index is 0.213. The number of aromatic nitrogens is 2. The molecule has 1 unspecified atom stereocenters. The van der Waals surface area contributed by atoms with Gasteiger partial charge in [-0.25, -0.2) is 4.39 Å². The normalized spacial score (nSPS) is 12.6. The predicted molar refractivity (Wildman–Crippen MR) is 79.4 cm³/mol. The number of hydrogen-bond donors (Lipinski definition) is 1. The first-order chi connectivity index (χ1) is 9.67. The lowest BCUT2D eigenvalue weighted by atomic mass is 10.0. The lowest BCUT2D eigenvalue weighted by Crippen LogP contribution is -2.26. The van der Waals surface area contributed by atoms with Crippen molar-refractivity contribution >= 4 is 11.6 Å². The third kappa shape index (κ3) is 3.19. The van der Waals surface area contributed by atoms with Gasteiger partial charge in [0.15, 0.2) is 0 Å². The third-order valence-electron chi connectivity index (χ3n) is 3.22. The molecule has 20 heavy (non-hydrogen) atoms. The van der Waals surface area contributed by atoms with Crippen molar-refractivity contribution in [1.29, 1.82) is 0 Å². The van der Waals surface area contributed by atoms with E-state index in [1.54, 1.807) is 18.3 Å². The number of benzene rings is 1. The fourth-order valence-electron chi connectivity index (χ4n) is 2.25. The van der Waals surface area contributed by atoms with E-state index in [9.17, 15) is 4.39 Å². The summed E-state index contributed by atoms with van der Waals surface area (Å²) in [6.07, 6.45) is 2.72. The first-order valence-corrected chi connectivity index (χ1v) is 7.25. The van der Waals surface area contributed by atoms with E-state index in [4.69, 9.17) is 11.6 Å². The molecule has 0 bridgehead atoms. The number of hydrogen-bond acceptors (Lipinski definition) is 2. The summed E-state index contributed by atoms with van der Waals surface area (Å²) in [5.74, 6) is -0.296. The van der Waals surface area contributed by atoms with Crippen LogP contribution >= 0.6 is 11.6 Å². The Morgan fingerprint density at radius 2 is 2.15 bits per heavy atom. The molecule has 1 aromatic heterocycles. The molecule has 1 N–H and O–H groups in total. The molecule has 5 heteroatoms. The summed E-state index contributed by atoms with van der Waals surface area (Å²) < 4.78 is 16.1. The van der Waals surface area contributed by atoms with Gasteiger partial charge >= 0.3 is 0 Å². The van der Waals surface area contributed by atoms with Crippen molar-refractivity contribution in [3.8, 4) is 0 Å². The molecule has 2 rings (SSSR count). The Bertz CT molecular complexity index is 568. The average molecular weight is 296 g/mol. The molecule has 0 aliphatic carbocycles. The molecule has 0 spiro atoms. The molecule has 3 nitrogen and oxygen atoms in total. The molecular formula is C15H19ClFN3. The quantitative estimate of drug-likeness (QED) is 0.879. The topological polar surface area (TPSA) is 29.9 Å². The molecule has 0 saturated carbocycles. The molecule has 0 aliphatic rings. The van der Waals surface area contributed by atoms with Gasteiger partial charge in [-0.15, -0.1) is 0 Å². The van der Waals surface area contributed by atoms with Crippen LogP contribution in [0, 0.1) is 5.82 Å². The van der Waals surface area contributed by atoms with Crippen LogP contribution in [0.25, 0.3) is 0 Å². The van der Waals surface area contributed by atoms with Crippen LogP contribution < -0.4 is 5.32 Å². The summed E-state index contributed by atoms with van der Waals surface area (Å²) in [6, 6.07) is 6.51. The zero-order valence-electron chi connectivity index (χ0n) is 11.7. The summed E-state index contributed by atoms with van der Waals surface area (Å²) in [7, 11) is 0. The van der Waals surface area contributed by atoms with Gasteiger partial charge in [-0.2, -0.15) is 5.10 Å². The van der Waals surface area contributed by atoms with E-state index in [1.807, 2.05) is 17.7 Å². The maximum absolute atomic E-state index is 14.2. The van der Waals surface area contributed by atoms with Crippen molar-refractivity contribution in [3.63, 3.8) is 0 Å². The van der Waals surface area contributed by atoms with Crippen molar-refractivity contribution < 1.29 is 4.39 Å². The molecule has 108 valence electrons. The Hall–Kier alpha value is -1.39. The van der Waals surface area contributed by atoms with Gasteiger partial charge in [0.1, 0.15) is 5.82 Å². The number of nitrogens with zero attached hydrogens (tertiary/aromatic N) is 2. The van der Waals surface area contributed by atoms with Crippen LogP contribution in [0.15, 0.2) is 30.5 Å². The standard InChI is InChI=1S/C15H19ClFN3/c1-3-8-18-15(14-7-9-19-20(14)4-2)12-6-5-11(16)10-13(12)17/h5-7,9-10,15,18H,3-4,8H2,1-2H3. The predicted octanol–water partition coefficient (Wildman–Crippen LogP) is 3.78. The van der Waals surface area contributed by atoms with Crippen LogP contribution in [-0.2, 0) is 6.54 Å². The fourth-order valence-corrected chi connectivity index (χ4v) is 2.41. The maximum atomic E-state index is 14.2. The Labute approximate surface area is 123 Å². The summed E-state index contributed by atoms with van der Waals surface area (Å²) in [5.41, 5.74) is 1.56. The number of aryl methyl sites for hydroxylation is 1. The molecular weight excluding hydrogens is 277 g/mol. The molecule has 0 radical (unpaired) electrons. The first-order valence-electron chi connectivity index (χ1n) is 6.87. The molecule has 0 saturated heterocycles. The van der Waals surface area contributed by atoms with E-state index in [-0.39, 0.29) is 11.9 Å². The lowest BCUT2D eigenvalue weighted by molar-refractivity contribution is 0.505. The average Bonchev–Trinajstić information content (AvgIpc) is 2.89. The summed E-state index contributed by atoms with van der Waals surface area (Å²) in [4.78, 5) is 0. The summed E-state index contributed by atoms with van der Waals surface area (Å²) in [5, 5.41) is 8.05. The Morgan fingerprint density at radius 1 is 1.35 bits per heavy atom. The largest absolute Gasteiger partial charge is 0.305 e. The van der Waals surface area contributed by atoms with Crippen LogP contribution in [0.4, 0.5) is 4.39 Å². The minimum Gasteiger partial charge on any atom is -0.305 e. The van der Waals surface area contributed by atoms with Crippen molar-refractivity contribution in [2.75, 3.05) is 6.54 Å². The van der Waals surface area contributed by atoms with E-state index in [0.717, 1.165) is 25.2 Å². The number of nitrogens with one attached hydrogen (secondary N) is 1. The summed E-state index contributed by atoms with van der Waals surface area (Å²) in [6.45, 7) is 5.66. The van der Waals surface area contributed by atoms with Crippen LogP contribution in [0.1, 0.15) is 37.6 Å². The Balaban J connectivity index is 2.41. The second kappa shape index (κ2) is 6.86. The van der Waals surface area contributed by atoms with Gasteiger partial charge in [-0.1, -0.05) is 24.6 Å². The highest BCUT2D eigenvalue weighted by atomic mass is 35.5. The molecule has 1 atom stereocenters. The first kappa shape index (κ1) is 15.0. The highest BCUT2D eigenvalue weighted by molar-refractivity contribution is 6.30. The second-order valence-corrected chi connectivity index (χ2v) is 5.06.